The van der Waals surface area contributed by atoms with Gasteiger partial charge in [-0.05, 0) is 37.8 Å². The molecule has 1 aliphatic heterocycles. The second-order valence-corrected chi connectivity index (χ2v) is 9.36. The molecule has 1 saturated carbocycles. The number of hydrogen-bond acceptors (Lipinski definition) is 5. The zero-order chi connectivity index (χ0) is 20.7. The highest BCUT2D eigenvalue weighted by Crippen LogP contribution is 2.18. The van der Waals surface area contributed by atoms with Gasteiger partial charge in [-0.3, -0.25) is 9.59 Å². The molecule has 0 spiro atoms. The fourth-order valence-electron chi connectivity index (χ4n) is 3.76. The Bertz CT molecular complexity index is 788. The molecule has 2 aliphatic rings. The number of amides is 2. The van der Waals surface area contributed by atoms with Gasteiger partial charge in [-0.15, -0.1) is 0 Å². The minimum atomic E-state index is -3.79. The normalized spacial score (nSPS) is 19.9. The summed E-state index contributed by atoms with van der Waals surface area (Å²) in [6.45, 7) is 0.425. The Balaban J connectivity index is 1.59. The van der Waals surface area contributed by atoms with Gasteiger partial charge in [-0.2, -0.15) is 0 Å². The molecule has 1 aliphatic carbocycles. The minimum absolute atomic E-state index is 0.0949. The van der Waals surface area contributed by atoms with Crippen molar-refractivity contribution in [3.63, 3.8) is 0 Å². The molecule has 1 aromatic carbocycles. The first-order chi connectivity index (χ1) is 13.9. The zero-order valence-electron chi connectivity index (χ0n) is 16.5. The summed E-state index contributed by atoms with van der Waals surface area (Å²) in [6.07, 6.45) is 5.75. The van der Waals surface area contributed by atoms with Crippen molar-refractivity contribution in [2.75, 3.05) is 26.2 Å². The molecule has 29 heavy (non-hydrogen) atoms. The average Bonchev–Trinajstić information content (AvgIpc) is 3.40. The maximum atomic E-state index is 12.7. The molecule has 1 atom stereocenters. The molecular weight excluding hydrogens is 394 g/mol. The summed E-state index contributed by atoms with van der Waals surface area (Å²) >= 11 is 0. The third-order valence-electron chi connectivity index (χ3n) is 5.32. The van der Waals surface area contributed by atoms with E-state index < -0.39 is 22.5 Å². The number of nitrogens with zero attached hydrogens (tertiary/aromatic N) is 1. The monoisotopic (exact) mass is 423 g/mol. The standard InChI is InChI=1S/C20H29N3O5S/c24-19(22-16-7-4-5-8-16)15-23(14-17-9-6-12-28-17)20(25)13-21-29(26,27)18-10-2-1-3-11-18/h1-3,10-11,16-17,21H,4-9,12-15H2,(H,22,24)/t17-/m1/s1. The zero-order valence-corrected chi connectivity index (χ0v) is 17.3. The number of carbonyl (C=O) groups is 2. The summed E-state index contributed by atoms with van der Waals surface area (Å²) in [4.78, 5) is 26.7. The van der Waals surface area contributed by atoms with Gasteiger partial charge in [0.25, 0.3) is 0 Å². The van der Waals surface area contributed by atoms with Crippen LogP contribution in [-0.4, -0.2) is 63.5 Å². The topological polar surface area (TPSA) is 105 Å². The number of nitrogens with one attached hydrogen (secondary N) is 2. The molecule has 8 nitrogen and oxygen atoms in total. The van der Waals surface area contributed by atoms with Crippen molar-refractivity contribution in [2.24, 2.45) is 0 Å². The second-order valence-electron chi connectivity index (χ2n) is 7.60. The van der Waals surface area contributed by atoms with E-state index in [0.717, 1.165) is 38.5 Å². The molecule has 0 radical (unpaired) electrons. The summed E-state index contributed by atoms with van der Waals surface area (Å²) in [5, 5.41) is 2.98. The number of benzene rings is 1. The Morgan fingerprint density at radius 1 is 1.07 bits per heavy atom. The maximum Gasteiger partial charge on any atom is 0.241 e. The smallest absolute Gasteiger partial charge is 0.241 e. The Morgan fingerprint density at radius 3 is 2.45 bits per heavy atom. The van der Waals surface area contributed by atoms with Gasteiger partial charge >= 0.3 is 0 Å². The van der Waals surface area contributed by atoms with Crippen molar-refractivity contribution >= 4 is 21.8 Å². The van der Waals surface area contributed by atoms with E-state index in [-0.39, 0.29) is 36.0 Å². The van der Waals surface area contributed by atoms with Gasteiger partial charge in [0, 0.05) is 19.2 Å². The summed E-state index contributed by atoms with van der Waals surface area (Å²) in [5.74, 6) is -0.657. The maximum absolute atomic E-state index is 12.7. The average molecular weight is 424 g/mol. The first-order valence-corrected chi connectivity index (χ1v) is 11.7. The predicted molar refractivity (Wildman–Crippen MR) is 108 cm³/mol. The number of ether oxygens (including phenoxy) is 1. The van der Waals surface area contributed by atoms with Crippen molar-refractivity contribution in [1.82, 2.24) is 14.9 Å². The molecule has 0 bridgehead atoms. The summed E-state index contributed by atoms with van der Waals surface area (Å²) in [7, 11) is -3.79. The third kappa shape index (κ3) is 6.52. The highest BCUT2D eigenvalue weighted by atomic mass is 32.2. The molecular formula is C20H29N3O5S. The van der Waals surface area contributed by atoms with Crippen LogP contribution in [0.1, 0.15) is 38.5 Å². The van der Waals surface area contributed by atoms with Crippen LogP contribution in [-0.2, 0) is 24.3 Å². The molecule has 2 N–H and O–H groups in total. The predicted octanol–water partition coefficient (Wildman–Crippen LogP) is 1.03. The van der Waals surface area contributed by atoms with Crippen LogP contribution in [0.15, 0.2) is 35.2 Å². The van der Waals surface area contributed by atoms with Crippen LogP contribution in [0.5, 0.6) is 0 Å². The molecule has 2 amide bonds. The van der Waals surface area contributed by atoms with Crippen molar-refractivity contribution in [3.8, 4) is 0 Å². The molecule has 1 saturated heterocycles. The number of sulfonamides is 1. The molecule has 0 unspecified atom stereocenters. The van der Waals surface area contributed by atoms with E-state index in [4.69, 9.17) is 4.74 Å². The van der Waals surface area contributed by atoms with Crippen LogP contribution >= 0.6 is 0 Å². The summed E-state index contributed by atoms with van der Waals surface area (Å²) in [6, 6.07) is 8.05. The van der Waals surface area contributed by atoms with Crippen molar-refractivity contribution < 1.29 is 22.7 Å². The van der Waals surface area contributed by atoms with E-state index in [1.165, 1.54) is 17.0 Å². The fourth-order valence-corrected chi connectivity index (χ4v) is 4.75. The van der Waals surface area contributed by atoms with Crippen LogP contribution in [0.2, 0.25) is 0 Å². The highest BCUT2D eigenvalue weighted by molar-refractivity contribution is 7.89. The van der Waals surface area contributed by atoms with E-state index in [9.17, 15) is 18.0 Å². The van der Waals surface area contributed by atoms with Crippen LogP contribution in [0.3, 0.4) is 0 Å². The Labute approximate surface area is 172 Å². The van der Waals surface area contributed by atoms with Crippen LogP contribution < -0.4 is 10.0 Å². The summed E-state index contributed by atoms with van der Waals surface area (Å²) < 4.78 is 32.7. The van der Waals surface area contributed by atoms with Gasteiger partial charge < -0.3 is 15.0 Å². The van der Waals surface area contributed by atoms with E-state index in [0.29, 0.717) is 6.61 Å². The van der Waals surface area contributed by atoms with E-state index in [1.807, 2.05) is 0 Å². The molecule has 0 aromatic heterocycles. The van der Waals surface area contributed by atoms with Gasteiger partial charge in [0.2, 0.25) is 21.8 Å². The number of hydrogen-bond donors (Lipinski definition) is 2. The second kappa shape index (κ2) is 10.2. The largest absolute Gasteiger partial charge is 0.376 e. The van der Waals surface area contributed by atoms with Crippen LogP contribution in [0.4, 0.5) is 0 Å². The number of carbonyl (C=O) groups excluding carboxylic acids is 2. The van der Waals surface area contributed by atoms with Gasteiger partial charge in [0.15, 0.2) is 0 Å². The van der Waals surface area contributed by atoms with Crippen LogP contribution in [0, 0.1) is 0 Å². The SMILES string of the molecule is O=C(CN(C[C@H]1CCCO1)C(=O)CNS(=O)(=O)c1ccccc1)NC1CCCC1. The van der Waals surface area contributed by atoms with Crippen molar-refractivity contribution in [1.29, 1.82) is 0 Å². The molecule has 1 heterocycles. The Hall–Kier alpha value is -1.97. The van der Waals surface area contributed by atoms with Gasteiger partial charge in [-0.25, -0.2) is 13.1 Å². The molecule has 3 rings (SSSR count). The van der Waals surface area contributed by atoms with E-state index in [1.54, 1.807) is 18.2 Å². The fraction of sp³-hybridized carbons (Fsp3) is 0.600. The lowest BCUT2D eigenvalue weighted by atomic mass is 10.2. The Kier molecular flexibility index (Phi) is 7.63. The lowest BCUT2D eigenvalue weighted by molar-refractivity contribution is -0.136. The van der Waals surface area contributed by atoms with Gasteiger partial charge in [0.1, 0.15) is 0 Å². The molecule has 160 valence electrons. The molecule has 2 fully saturated rings. The summed E-state index contributed by atoms with van der Waals surface area (Å²) in [5.41, 5.74) is 0. The minimum Gasteiger partial charge on any atom is -0.376 e. The van der Waals surface area contributed by atoms with Crippen LogP contribution in [0.25, 0.3) is 0 Å². The lowest BCUT2D eigenvalue weighted by Crippen LogP contribution is -2.48. The highest BCUT2D eigenvalue weighted by Gasteiger charge is 2.26. The molecule has 9 heteroatoms. The van der Waals surface area contributed by atoms with Gasteiger partial charge in [0.05, 0.1) is 24.1 Å². The quantitative estimate of drug-likeness (QED) is 0.617. The molecule has 1 aromatic rings. The lowest BCUT2D eigenvalue weighted by Gasteiger charge is -2.26. The Morgan fingerprint density at radius 2 is 1.79 bits per heavy atom. The van der Waals surface area contributed by atoms with Crippen molar-refractivity contribution in [3.05, 3.63) is 30.3 Å². The van der Waals surface area contributed by atoms with E-state index in [2.05, 4.69) is 10.0 Å². The van der Waals surface area contributed by atoms with E-state index >= 15 is 0 Å². The van der Waals surface area contributed by atoms with Crippen molar-refractivity contribution in [2.45, 2.75) is 55.6 Å². The first-order valence-electron chi connectivity index (χ1n) is 10.2. The first kappa shape index (κ1) is 21.7. The third-order valence-corrected chi connectivity index (χ3v) is 6.74. The van der Waals surface area contributed by atoms with Gasteiger partial charge in [-0.1, -0.05) is 31.0 Å². The number of rotatable bonds is 9.